The van der Waals surface area contributed by atoms with Gasteiger partial charge < -0.3 is 0 Å². The van der Waals surface area contributed by atoms with Gasteiger partial charge in [-0.25, -0.2) is 0 Å². The van der Waals surface area contributed by atoms with Gasteiger partial charge in [-0.3, -0.25) is 4.79 Å². The summed E-state index contributed by atoms with van der Waals surface area (Å²) in [6.07, 6.45) is 6.71. The molecule has 1 aromatic rings. The minimum Gasteiger partial charge on any atom is -0.294 e. The lowest BCUT2D eigenvalue weighted by molar-refractivity contribution is 0.0977. The van der Waals surface area contributed by atoms with E-state index in [0.717, 1.165) is 12.0 Å². The van der Waals surface area contributed by atoms with Crippen LogP contribution in [0.5, 0.6) is 0 Å². The Labute approximate surface area is 124 Å². The monoisotopic (exact) mass is 274 g/mol. The molecule has 112 valence electrons. The molecule has 0 aromatic heterocycles. The summed E-state index contributed by atoms with van der Waals surface area (Å²) in [7, 11) is 0. The maximum Gasteiger partial charge on any atom is 0.163 e. The molecule has 0 aliphatic heterocycles. The molecular weight excluding hydrogens is 244 g/mol. The van der Waals surface area contributed by atoms with Gasteiger partial charge in [0.05, 0.1) is 0 Å². The molecular formula is C19H30O. The Kier molecular flexibility index (Phi) is 6.45. The average Bonchev–Trinajstić information content (AvgIpc) is 2.43. The van der Waals surface area contributed by atoms with Crippen molar-refractivity contribution in [1.29, 1.82) is 0 Å². The molecule has 0 amide bonds. The molecule has 0 radical (unpaired) electrons. The number of carbonyl (C=O) groups is 1. The number of Topliss-reactive ketones (excluding diaryl/α,β-unsaturated/α-hetero) is 1. The van der Waals surface area contributed by atoms with E-state index in [2.05, 4.69) is 41.5 Å². The van der Waals surface area contributed by atoms with Crippen LogP contribution in [0.15, 0.2) is 0 Å². The van der Waals surface area contributed by atoms with Crippen LogP contribution < -0.4 is 0 Å². The van der Waals surface area contributed by atoms with Crippen LogP contribution in [0, 0.1) is 34.6 Å². The fourth-order valence-corrected chi connectivity index (χ4v) is 2.93. The van der Waals surface area contributed by atoms with Crippen LogP contribution in [-0.4, -0.2) is 5.78 Å². The smallest absolute Gasteiger partial charge is 0.163 e. The van der Waals surface area contributed by atoms with Gasteiger partial charge in [0, 0.05) is 12.0 Å². The molecule has 20 heavy (non-hydrogen) atoms. The van der Waals surface area contributed by atoms with Crippen molar-refractivity contribution in [3.63, 3.8) is 0 Å². The number of unbranched alkanes of at least 4 members (excludes halogenated alkanes) is 4. The molecule has 0 heterocycles. The molecule has 0 fully saturated rings. The molecule has 0 unspecified atom stereocenters. The molecule has 1 heteroatoms. The topological polar surface area (TPSA) is 17.1 Å². The van der Waals surface area contributed by atoms with Crippen molar-refractivity contribution in [3.05, 3.63) is 33.4 Å². The first kappa shape index (κ1) is 16.9. The maximum atomic E-state index is 12.5. The van der Waals surface area contributed by atoms with Crippen molar-refractivity contribution >= 4 is 5.78 Å². The number of hydrogen-bond acceptors (Lipinski definition) is 1. The second-order valence-corrected chi connectivity index (χ2v) is 6.09. The average molecular weight is 274 g/mol. The minimum atomic E-state index is 0.336. The number of hydrogen-bond donors (Lipinski definition) is 0. The van der Waals surface area contributed by atoms with Crippen molar-refractivity contribution in [2.75, 3.05) is 0 Å². The first-order valence-corrected chi connectivity index (χ1v) is 8.01. The molecule has 0 N–H and O–H groups in total. The number of rotatable bonds is 7. The Morgan fingerprint density at radius 2 is 1.15 bits per heavy atom. The fraction of sp³-hybridized carbons (Fsp3) is 0.632. The van der Waals surface area contributed by atoms with E-state index >= 15 is 0 Å². The highest BCUT2D eigenvalue weighted by Gasteiger charge is 2.17. The second-order valence-electron chi connectivity index (χ2n) is 6.09. The third-order valence-electron chi connectivity index (χ3n) is 4.79. The minimum absolute atomic E-state index is 0.336. The van der Waals surface area contributed by atoms with Gasteiger partial charge in [0.25, 0.3) is 0 Å². The first-order chi connectivity index (χ1) is 9.41. The quantitative estimate of drug-likeness (QED) is 0.455. The molecule has 0 saturated carbocycles. The normalized spacial score (nSPS) is 10.9. The zero-order valence-corrected chi connectivity index (χ0v) is 14.2. The van der Waals surface area contributed by atoms with Crippen LogP contribution in [0.25, 0.3) is 0 Å². The highest BCUT2D eigenvalue weighted by Crippen LogP contribution is 2.27. The fourth-order valence-electron chi connectivity index (χ4n) is 2.93. The van der Waals surface area contributed by atoms with Crippen LogP contribution in [0.1, 0.15) is 83.6 Å². The molecule has 1 aromatic carbocycles. The summed E-state index contributed by atoms with van der Waals surface area (Å²) in [6.45, 7) is 12.8. The molecule has 0 spiro atoms. The molecule has 0 saturated heterocycles. The standard InChI is InChI=1S/C19H30O/c1-7-8-9-10-11-12-18(20)19-16(5)14(3)13(2)15(4)17(19)6/h7-12H2,1-6H3. The van der Waals surface area contributed by atoms with Gasteiger partial charge in [-0.2, -0.15) is 0 Å². The Bertz CT molecular complexity index is 454. The molecule has 0 atom stereocenters. The summed E-state index contributed by atoms with van der Waals surface area (Å²) in [4.78, 5) is 12.5. The van der Waals surface area contributed by atoms with E-state index in [9.17, 15) is 4.79 Å². The predicted molar refractivity (Wildman–Crippen MR) is 87.8 cm³/mol. The SMILES string of the molecule is CCCCCCCC(=O)c1c(C)c(C)c(C)c(C)c1C. The van der Waals surface area contributed by atoms with Crippen molar-refractivity contribution in [2.45, 2.75) is 80.1 Å². The Balaban J connectivity index is 2.83. The Morgan fingerprint density at radius 3 is 1.65 bits per heavy atom. The zero-order chi connectivity index (χ0) is 15.3. The van der Waals surface area contributed by atoms with E-state index in [1.807, 2.05) is 0 Å². The maximum absolute atomic E-state index is 12.5. The summed E-state index contributed by atoms with van der Waals surface area (Å²) in [5, 5.41) is 0. The highest BCUT2D eigenvalue weighted by molar-refractivity contribution is 5.99. The second kappa shape index (κ2) is 7.61. The lowest BCUT2D eigenvalue weighted by Crippen LogP contribution is -2.09. The van der Waals surface area contributed by atoms with Crippen LogP contribution in [0.2, 0.25) is 0 Å². The van der Waals surface area contributed by atoms with Crippen molar-refractivity contribution in [1.82, 2.24) is 0 Å². The Morgan fingerprint density at radius 1 is 0.700 bits per heavy atom. The van der Waals surface area contributed by atoms with Gasteiger partial charge in [0.1, 0.15) is 0 Å². The van der Waals surface area contributed by atoms with E-state index in [0.29, 0.717) is 12.2 Å². The third kappa shape index (κ3) is 3.71. The van der Waals surface area contributed by atoms with Gasteiger partial charge in [-0.1, -0.05) is 32.6 Å². The highest BCUT2D eigenvalue weighted by atomic mass is 16.1. The van der Waals surface area contributed by atoms with Crippen LogP contribution in [0.4, 0.5) is 0 Å². The first-order valence-electron chi connectivity index (χ1n) is 8.01. The van der Waals surface area contributed by atoms with E-state index in [-0.39, 0.29) is 0 Å². The van der Waals surface area contributed by atoms with Crippen LogP contribution in [-0.2, 0) is 0 Å². The summed E-state index contributed by atoms with van der Waals surface area (Å²) in [6, 6.07) is 0. The molecule has 0 bridgehead atoms. The summed E-state index contributed by atoms with van der Waals surface area (Å²) in [5.74, 6) is 0.336. The molecule has 0 aliphatic rings. The lowest BCUT2D eigenvalue weighted by atomic mass is 9.86. The third-order valence-corrected chi connectivity index (χ3v) is 4.79. The van der Waals surface area contributed by atoms with E-state index < -0.39 is 0 Å². The van der Waals surface area contributed by atoms with Gasteiger partial charge in [0.2, 0.25) is 0 Å². The predicted octanol–water partition coefficient (Wildman–Crippen LogP) is 5.77. The van der Waals surface area contributed by atoms with Crippen molar-refractivity contribution < 1.29 is 4.79 Å². The number of ketones is 1. The number of carbonyl (C=O) groups excluding carboxylic acids is 1. The summed E-state index contributed by atoms with van der Waals surface area (Å²) < 4.78 is 0. The lowest BCUT2D eigenvalue weighted by Gasteiger charge is -2.17. The van der Waals surface area contributed by atoms with E-state index in [4.69, 9.17) is 0 Å². The van der Waals surface area contributed by atoms with Gasteiger partial charge in [-0.15, -0.1) is 0 Å². The van der Waals surface area contributed by atoms with Gasteiger partial charge in [0.15, 0.2) is 5.78 Å². The number of benzene rings is 1. The van der Waals surface area contributed by atoms with Crippen LogP contribution in [0.3, 0.4) is 0 Å². The van der Waals surface area contributed by atoms with E-state index in [1.165, 1.54) is 53.5 Å². The van der Waals surface area contributed by atoms with Crippen LogP contribution >= 0.6 is 0 Å². The summed E-state index contributed by atoms with van der Waals surface area (Å²) in [5.41, 5.74) is 7.25. The summed E-state index contributed by atoms with van der Waals surface area (Å²) >= 11 is 0. The molecule has 0 aliphatic carbocycles. The Hall–Kier alpha value is -1.11. The molecule has 1 nitrogen and oxygen atoms in total. The zero-order valence-electron chi connectivity index (χ0n) is 14.2. The van der Waals surface area contributed by atoms with Gasteiger partial charge >= 0.3 is 0 Å². The van der Waals surface area contributed by atoms with E-state index in [1.54, 1.807) is 0 Å². The van der Waals surface area contributed by atoms with Gasteiger partial charge in [-0.05, 0) is 68.9 Å². The molecule has 1 rings (SSSR count). The van der Waals surface area contributed by atoms with Crippen molar-refractivity contribution in [3.8, 4) is 0 Å². The van der Waals surface area contributed by atoms with Crippen molar-refractivity contribution in [2.24, 2.45) is 0 Å². The largest absolute Gasteiger partial charge is 0.294 e.